The lowest BCUT2D eigenvalue weighted by molar-refractivity contribution is -0.121. The van der Waals surface area contributed by atoms with E-state index in [0.29, 0.717) is 87.8 Å². The molecule has 1 aromatic heterocycles. The first-order chi connectivity index (χ1) is 18.9. The highest BCUT2D eigenvalue weighted by Crippen LogP contribution is 2.34. The number of carbonyl (C=O) groups is 1. The fourth-order valence-corrected chi connectivity index (χ4v) is 5.02. The molecule has 5 rings (SSSR count). The third-order valence-electron chi connectivity index (χ3n) is 6.43. The van der Waals surface area contributed by atoms with Crippen molar-refractivity contribution in [1.82, 2.24) is 15.0 Å². The Kier molecular flexibility index (Phi) is 8.57. The van der Waals surface area contributed by atoms with Crippen LogP contribution in [0.3, 0.4) is 0 Å². The molecule has 39 heavy (non-hydrogen) atoms. The van der Waals surface area contributed by atoms with Crippen molar-refractivity contribution < 1.29 is 18.8 Å². The number of ether oxygens (including phenoxy) is 2. The Morgan fingerprint density at radius 2 is 1.77 bits per heavy atom. The summed E-state index contributed by atoms with van der Waals surface area (Å²) in [6.07, 6.45) is 1.37. The van der Waals surface area contributed by atoms with Gasteiger partial charge in [0.25, 0.3) is 0 Å². The van der Waals surface area contributed by atoms with Crippen LogP contribution in [0.25, 0.3) is 11.4 Å². The first-order valence-corrected chi connectivity index (χ1v) is 13.4. The van der Waals surface area contributed by atoms with Gasteiger partial charge in [0.1, 0.15) is 11.5 Å². The smallest absolute Gasteiger partial charge is 0.241 e. The third-order valence-corrected chi connectivity index (χ3v) is 7.21. The molecule has 1 aliphatic rings. The Balaban J connectivity index is 1.18. The van der Waals surface area contributed by atoms with Gasteiger partial charge in [-0.3, -0.25) is 9.69 Å². The molecule has 1 N–H and O–H groups in total. The van der Waals surface area contributed by atoms with Crippen LogP contribution >= 0.6 is 34.8 Å². The first-order valence-electron chi connectivity index (χ1n) is 12.3. The number of methoxy groups -OCH3 is 1. The summed E-state index contributed by atoms with van der Waals surface area (Å²) in [5, 5.41) is 8.55. The summed E-state index contributed by atoms with van der Waals surface area (Å²) in [6.45, 7) is 1.90. The highest BCUT2D eigenvalue weighted by Gasteiger charge is 2.27. The van der Waals surface area contributed by atoms with Crippen molar-refractivity contribution in [3.05, 3.63) is 81.6 Å². The number of hydrogen-bond donors (Lipinski definition) is 1. The molecular weight excluding hydrogens is 563 g/mol. The quantitative estimate of drug-likeness (QED) is 0.230. The van der Waals surface area contributed by atoms with Crippen molar-refractivity contribution >= 4 is 46.4 Å². The van der Waals surface area contributed by atoms with Gasteiger partial charge in [0.2, 0.25) is 17.6 Å². The average molecular weight is 588 g/mol. The van der Waals surface area contributed by atoms with E-state index in [0.717, 1.165) is 0 Å². The summed E-state index contributed by atoms with van der Waals surface area (Å²) in [7, 11) is 1.59. The molecule has 0 aliphatic carbocycles. The summed E-state index contributed by atoms with van der Waals surface area (Å²) < 4.78 is 16.7. The van der Waals surface area contributed by atoms with Gasteiger partial charge in [-0.1, -0.05) is 46.0 Å². The van der Waals surface area contributed by atoms with E-state index in [9.17, 15) is 4.79 Å². The van der Waals surface area contributed by atoms with Crippen LogP contribution in [0.2, 0.25) is 15.1 Å². The molecule has 0 unspecified atom stereocenters. The van der Waals surface area contributed by atoms with Crippen molar-refractivity contribution in [2.24, 2.45) is 5.92 Å². The predicted octanol–water partition coefficient (Wildman–Crippen LogP) is 7.35. The number of hydrogen-bond acceptors (Lipinski definition) is 7. The van der Waals surface area contributed by atoms with E-state index in [2.05, 4.69) is 20.4 Å². The fraction of sp³-hybridized carbons (Fsp3) is 0.250. The van der Waals surface area contributed by atoms with E-state index < -0.39 is 0 Å². The van der Waals surface area contributed by atoms with Gasteiger partial charge in [-0.25, -0.2) is 0 Å². The summed E-state index contributed by atoms with van der Waals surface area (Å²) in [4.78, 5) is 19.8. The largest absolute Gasteiger partial charge is 0.497 e. The molecule has 1 saturated heterocycles. The summed E-state index contributed by atoms with van der Waals surface area (Å²) in [5.74, 6) is 2.41. The first kappa shape index (κ1) is 27.3. The van der Waals surface area contributed by atoms with E-state index in [1.165, 1.54) is 0 Å². The summed E-state index contributed by atoms with van der Waals surface area (Å²) in [5.41, 5.74) is 1.17. The van der Waals surface area contributed by atoms with Crippen molar-refractivity contribution in [1.29, 1.82) is 0 Å². The van der Waals surface area contributed by atoms with Gasteiger partial charge >= 0.3 is 0 Å². The van der Waals surface area contributed by atoms with Crippen molar-refractivity contribution in [3.63, 3.8) is 0 Å². The molecule has 0 bridgehead atoms. The monoisotopic (exact) mass is 586 g/mol. The highest BCUT2D eigenvalue weighted by molar-refractivity contribution is 6.36. The maximum absolute atomic E-state index is 13.2. The summed E-state index contributed by atoms with van der Waals surface area (Å²) in [6, 6.07) is 17.5. The Hall–Kier alpha value is -3.30. The number of aromatic nitrogens is 2. The SMILES string of the molecule is COc1cccc(Oc2ccc(Cl)cc2NC(=O)C2CCN(Cc3nc(-c4ccc(Cl)cc4Cl)no3)CC2)c1. The number of carbonyl (C=O) groups excluding carboxylic acids is 1. The minimum absolute atomic E-state index is 0.0788. The number of anilines is 1. The molecule has 1 aliphatic heterocycles. The molecule has 0 radical (unpaired) electrons. The molecule has 3 aromatic carbocycles. The Morgan fingerprint density at radius 3 is 2.54 bits per heavy atom. The standard InChI is InChI=1S/C28H25Cl3N4O4/c1-37-20-3-2-4-21(15-20)38-25-8-6-19(30)14-24(25)32-28(36)17-9-11-35(12-10-17)16-26-33-27(34-39-26)22-7-5-18(29)13-23(22)31/h2-8,13-15,17H,9-12,16H2,1H3,(H,32,36). The van der Waals surface area contributed by atoms with Crippen LogP contribution in [-0.4, -0.2) is 41.1 Å². The van der Waals surface area contributed by atoms with Crippen LogP contribution in [0.5, 0.6) is 17.2 Å². The van der Waals surface area contributed by atoms with Crippen LogP contribution in [0, 0.1) is 5.92 Å². The predicted molar refractivity (Wildman–Crippen MR) is 151 cm³/mol. The van der Waals surface area contributed by atoms with Crippen LogP contribution in [-0.2, 0) is 11.3 Å². The van der Waals surface area contributed by atoms with Gasteiger partial charge in [-0.2, -0.15) is 4.98 Å². The molecule has 4 aromatic rings. The zero-order valence-corrected chi connectivity index (χ0v) is 23.3. The number of rotatable bonds is 8. The van der Waals surface area contributed by atoms with Gasteiger partial charge in [0, 0.05) is 27.6 Å². The molecule has 8 nitrogen and oxygen atoms in total. The number of nitrogens with one attached hydrogen (secondary N) is 1. The van der Waals surface area contributed by atoms with Crippen LogP contribution in [0.15, 0.2) is 65.2 Å². The van der Waals surface area contributed by atoms with Crippen LogP contribution in [0.1, 0.15) is 18.7 Å². The molecule has 0 spiro atoms. The second kappa shape index (κ2) is 12.3. The minimum atomic E-state index is -0.156. The topological polar surface area (TPSA) is 89.7 Å². The normalized spacial score (nSPS) is 14.3. The van der Waals surface area contributed by atoms with Gasteiger partial charge in [-0.15, -0.1) is 0 Å². The maximum atomic E-state index is 13.2. The van der Waals surface area contributed by atoms with Gasteiger partial charge in [-0.05, 0) is 74.5 Å². The highest BCUT2D eigenvalue weighted by atomic mass is 35.5. The molecular formula is C28H25Cl3N4O4. The fourth-order valence-electron chi connectivity index (χ4n) is 4.36. The number of halogens is 3. The maximum Gasteiger partial charge on any atom is 0.241 e. The molecule has 1 amide bonds. The number of nitrogens with zero attached hydrogens (tertiary/aromatic N) is 3. The molecule has 2 heterocycles. The van der Waals surface area contributed by atoms with Gasteiger partial charge in [0.05, 0.1) is 24.4 Å². The third kappa shape index (κ3) is 6.83. The van der Waals surface area contributed by atoms with Crippen molar-refractivity contribution in [3.8, 4) is 28.6 Å². The molecule has 0 saturated carbocycles. The van der Waals surface area contributed by atoms with E-state index in [4.69, 9.17) is 48.8 Å². The van der Waals surface area contributed by atoms with E-state index in [1.54, 1.807) is 49.6 Å². The Morgan fingerprint density at radius 1 is 1.03 bits per heavy atom. The lowest BCUT2D eigenvalue weighted by Crippen LogP contribution is -2.37. The molecule has 11 heteroatoms. The number of amides is 1. The average Bonchev–Trinajstić information content (AvgIpc) is 3.38. The second-order valence-electron chi connectivity index (χ2n) is 9.10. The zero-order chi connectivity index (χ0) is 27.4. The second-order valence-corrected chi connectivity index (χ2v) is 10.4. The van der Waals surface area contributed by atoms with Crippen LogP contribution < -0.4 is 14.8 Å². The number of likely N-dealkylation sites (tertiary alicyclic amines) is 1. The van der Waals surface area contributed by atoms with Gasteiger partial charge < -0.3 is 19.3 Å². The number of benzene rings is 3. The van der Waals surface area contributed by atoms with Crippen molar-refractivity contribution in [2.75, 3.05) is 25.5 Å². The van der Waals surface area contributed by atoms with Crippen LogP contribution in [0.4, 0.5) is 5.69 Å². The van der Waals surface area contributed by atoms with E-state index in [-0.39, 0.29) is 11.8 Å². The van der Waals surface area contributed by atoms with E-state index >= 15 is 0 Å². The van der Waals surface area contributed by atoms with Crippen molar-refractivity contribution in [2.45, 2.75) is 19.4 Å². The van der Waals surface area contributed by atoms with E-state index in [1.807, 2.05) is 18.2 Å². The molecule has 1 fully saturated rings. The summed E-state index contributed by atoms with van der Waals surface area (Å²) >= 11 is 18.5. The molecule has 0 atom stereocenters. The Bertz CT molecular complexity index is 1470. The lowest BCUT2D eigenvalue weighted by atomic mass is 9.96. The molecule has 202 valence electrons. The Labute approximate surface area is 240 Å². The lowest BCUT2D eigenvalue weighted by Gasteiger charge is -2.30. The zero-order valence-electron chi connectivity index (χ0n) is 21.0. The van der Waals surface area contributed by atoms with Gasteiger partial charge in [0.15, 0.2) is 5.75 Å². The minimum Gasteiger partial charge on any atom is -0.497 e. The number of piperidine rings is 1.